The van der Waals surface area contributed by atoms with Crippen LogP contribution in [0.25, 0.3) is 0 Å². The first-order valence-electron chi connectivity index (χ1n) is 7.86. The molecule has 0 radical (unpaired) electrons. The average molecular weight is 319 g/mol. The zero-order valence-corrected chi connectivity index (χ0v) is 13.2. The average Bonchev–Trinajstić information content (AvgIpc) is 2.62. The maximum atomic E-state index is 13.3. The van der Waals surface area contributed by atoms with Crippen molar-refractivity contribution in [2.24, 2.45) is 0 Å². The first-order valence-corrected chi connectivity index (χ1v) is 7.86. The summed E-state index contributed by atoms with van der Waals surface area (Å²) in [6, 6.07) is 25.6. The molecule has 3 aromatic rings. The van der Waals surface area contributed by atoms with Crippen molar-refractivity contribution in [3.8, 4) is 0 Å². The van der Waals surface area contributed by atoms with E-state index >= 15 is 0 Å². The van der Waals surface area contributed by atoms with Gasteiger partial charge in [-0.3, -0.25) is 4.79 Å². The Morgan fingerprint density at radius 3 is 1.96 bits per heavy atom. The molecule has 24 heavy (non-hydrogen) atoms. The third kappa shape index (κ3) is 3.87. The van der Waals surface area contributed by atoms with Gasteiger partial charge in [0.05, 0.1) is 5.92 Å². The van der Waals surface area contributed by atoms with Crippen LogP contribution in [0, 0.1) is 5.82 Å². The monoisotopic (exact) mass is 319 g/mol. The Labute approximate surface area is 141 Å². The lowest BCUT2D eigenvalue weighted by Crippen LogP contribution is -2.29. The maximum Gasteiger partial charge on any atom is 0.232 e. The molecule has 3 rings (SSSR count). The molecule has 0 spiro atoms. The van der Waals surface area contributed by atoms with Crippen molar-refractivity contribution in [2.45, 2.75) is 12.5 Å². The summed E-state index contributed by atoms with van der Waals surface area (Å²) < 4.78 is 13.3. The third-order valence-electron chi connectivity index (χ3n) is 3.88. The molecule has 0 saturated heterocycles. The van der Waals surface area contributed by atoms with Crippen LogP contribution < -0.4 is 5.32 Å². The van der Waals surface area contributed by atoms with Crippen molar-refractivity contribution in [1.29, 1.82) is 0 Å². The minimum atomic E-state index is -0.388. The Bertz CT molecular complexity index is 763. The molecule has 3 aromatic carbocycles. The molecule has 0 aromatic heterocycles. The molecule has 0 fully saturated rings. The SMILES string of the molecule is O=C(NCc1cccc(F)c1)C(c1ccccc1)c1ccccc1. The summed E-state index contributed by atoms with van der Waals surface area (Å²) >= 11 is 0. The van der Waals surface area contributed by atoms with Crippen LogP contribution in [0.15, 0.2) is 84.9 Å². The second-order valence-electron chi connectivity index (χ2n) is 5.60. The molecule has 3 heteroatoms. The van der Waals surface area contributed by atoms with E-state index < -0.39 is 0 Å². The summed E-state index contributed by atoms with van der Waals surface area (Å²) in [5, 5.41) is 2.92. The lowest BCUT2D eigenvalue weighted by molar-refractivity contribution is -0.121. The minimum Gasteiger partial charge on any atom is -0.351 e. The standard InChI is InChI=1S/C21H18FNO/c22-19-13-7-8-16(14-19)15-23-21(24)20(17-9-3-1-4-10-17)18-11-5-2-6-12-18/h1-14,20H,15H2,(H,23,24). The molecule has 2 nitrogen and oxygen atoms in total. The van der Waals surface area contributed by atoms with E-state index in [4.69, 9.17) is 0 Å². The summed E-state index contributed by atoms with van der Waals surface area (Å²) in [6.07, 6.45) is 0. The lowest BCUT2D eigenvalue weighted by atomic mass is 9.90. The number of rotatable bonds is 5. The normalized spacial score (nSPS) is 10.6. The molecule has 120 valence electrons. The molecule has 1 amide bonds. The third-order valence-corrected chi connectivity index (χ3v) is 3.88. The van der Waals surface area contributed by atoms with Gasteiger partial charge in [0.2, 0.25) is 5.91 Å². The maximum absolute atomic E-state index is 13.3. The Morgan fingerprint density at radius 2 is 1.42 bits per heavy atom. The second-order valence-corrected chi connectivity index (χ2v) is 5.60. The van der Waals surface area contributed by atoms with Crippen molar-refractivity contribution in [2.75, 3.05) is 0 Å². The highest BCUT2D eigenvalue weighted by Gasteiger charge is 2.22. The van der Waals surface area contributed by atoms with E-state index in [1.807, 2.05) is 60.7 Å². The molecule has 1 N–H and O–H groups in total. The zero-order valence-electron chi connectivity index (χ0n) is 13.2. The number of halogens is 1. The van der Waals surface area contributed by atoms with Gasteiger partial charge in [0.25, 0.3) is 0 Å². The molecule has 0 aliphatic carbocycles. The number of amides is 1. The van der Waals surface area contributed by atoms with E-state index in [-0.39, 0.29) is 17.6 Å². The summed E-state index contributed by atoms with van der Waals surface area (Å²) in [4.78, 5) is 12.8. The Hall–Kier alpha value is -2.94. The Balaban J connectivity index is 1.82. The smallest absolute Gasteiger partial charge is 0.232 e. The fraction of sp³-hybridized carbons (Fsp3) is 0.0952. The van der Waals surface area contributed by atoms with Crippen LogP contribution in [-0.2, 0) is 11.3 Å². The van der Waals surface area contributed by atoms with Crippen LogP contribution in [0.2, 0.25) is 0 Å². The van der Waals surface area contributed by atoms with Crippen LogP contribution in [-0.4, -0.2) is 5.91 Å². The van der Waals surface area contributed by atoms with Gasteiger partial charge < -0.3 is 5.32 Å². The molecule has 0 heterocycles. The molecule has 0 aliphatic rings. The van der Waals surface area contributed by atoms with Gasteiger partial charge in [-0.05, 0) is 28.8 Å². The second kappa shape index (κ2) is 7.55. The number of hydrogen-bond donors (Lipinski definition) is 1. The minimum absolute atomic E-state index is 0.100. The topological polar surface area (TPSA) is 29.1 Å². The van der Waals surface area contributed by atoms with Gasteiger partial charge in [0, 0.05) is 6.54 Å². The van der Waals surface area contributed by atoms with Crippen molar-refractivity contribution in [3.63, 3.8) is 0 Å². The van der Waals surface area contributed by atoms with Gasteiger partial charge in [0.15, 0.2) is 0 Å². The zero-order chi connectivity index (χ0) is 16.8. The van der Waals surface area contributed by atoms with Crippen LogP contribution >= 0.6 is 0 Å². The molecule has 0 aliphatic heterocycles. The molecule has 0 atom stereocenters. The largest absolute Gasteiger partial charge is 0.351 e. The molecular weight excluding hydrogens is 301 g/mol. The number of carbonyl (C=O) groups is 1. The predicted octanol–water partition coefficient (Wildman–Crippen LogP) is 4.27. The Morgan fingerprint density at radius 1 is 0.833 bits per heavy atom. The highest BCUT2D eigenvalue weighted by molar-refractivity contribution is 5.87. The van der Waals surface area contributed by atoms with Crippen LogP contribution in [0.5, 0.6) is 0 Å². The van der Waals surface area contributed by atoms with Crippen molar-refractivity contribution >= 4 is 5.91 Å². The molecular formula is C21H18FNO. The fourth-order valence-electron chi connectivity index (χ4n) is 2.72. The van der Waals surface area contributed by atoms with Crippen molar-refractivity contribution in [3.05, 3.63) is 107 Å². The fourth-order valence-corrected chi connectivity index (χ4v) is 2.72. The van der Waals surface area contributed by atoms with Gasteiger partial charge in [-0.15, -0.1) is 0 Å². The highest BCUT2D eigenvalue weighted by Crippen LogP contribution is 2.24. The van der Waals surface area contributed by atoms with E-state index in [0.29, 0.717) is 6.54 Å². The van der Waals surface area contributed by atoms with E-state index in [9.17, 15) is 9.18 Å². The van der Waals surface area contributed by atoms with E-state index in [2.05, 4.69) is 5.32 Å². The van der Waals surface area contributed by atoms with Gasteiger partial charge in [-0.1, -0.05) is 72.8 Å². The summed E-state index contributed by atoms with van der Waals surface area (Å²) in [5.74, 6) is -0.790. The van der Waals surface area contributed by atoms with Crippen molar-refractivity contribution < 1.29 is 9.18 Å². The van der Waals surface area contributed by atoms with Crippen molar-refractivity contribution in [1.82, 2.24) is 5.32 Å². The predicted molar refractivity (Wildman–Crippen MR) is 93.0 cm³/mol. The summed E-state index contributed by atoms with van der Waals surface area (Å²) in [5.41, 5.74) is 2.60. The number of benzene rings is 3. The first kappa shape index (κ1) is 15.9. The van der Waals surface area contributed by atoms with E-state index in [1.54, 1.807) is 12.1 Å². The number of nitrogens with one attached hydrogen (secondary N) is 1. The van der Waals surface area contributed by atoms with Crippen LogP contribution in [0.1, 0.15) is 22.6 Å². The number of carbonyl (C=O) groups excluding carboxylic acids is 1. The van der Waals surface area contributed by atoms with Gasteiger partial charge >= 0.3 is 0 Å². The van der Waals surface area contributed by atoms with Crippen LogP contribution in [0.4, 0.5) is 4.39 Å². The number of hydrogen-bond acceptors (Lipinski definition) is 1. The van der Waals surface area contributed by atoms with E-state index in [0.717, 1.165) is 16.7 Å². The first-order chi connectivity index (χ1) is 11.7. The highest BCUT2D eigenvalue weighted by atomic mass is 19.1. The molecule has 0 saturated carbocycles. The van der Waals surface area contributed by atoms with Gasteiger partial charge in [0.1, 0.15) is 5.82 Å². The summed E-state index contributed by atoms with van der Waals surface area (Å²) in [7, 11) is 0. The molecule has 0 bridgehead atoms. The molecule has 0 unspecified atom stereocenters. The Kier molecular flexibility index (Phi) is 5.02. The quantitative estimate of drug-likeness (QED) is 0.747. The van der Waals surface area contributed by atoms with Gasteiger partial charge in [-0.25, -0.2) is 4.39 Å². The van der Waals surface area contributed by atoms with E-state index in [1.165, 1.54) is 12.1 Å². The lowest BCUT2D eigenvalue weighted by Gasteiger charge is -2.18. The van der Waals surface area contributed by atoms with Gasteiger partial charge in [-0.2, -0.15) is 0 Å². The summed E-state index contributed by atoms with van der Waals surface area (Å²) in [6.45, 7) is 0.298. The van der Waals surface area contributed by atoms with Crippen LogP contribution in [0.3, 0.4) is 0 Å².